The number of Topliss-reactive ketones (excluding diaryl/α,β-unsaturated/α-hetero) is 1. The Morgan fingerprint density at radius 2 is 1.35 bits per heavy atom. The number of piperidine rings is 2. The van der Waals surface area contributed by atoms with Crippen LogP contribution in [0.15, 0.2) is 0 Å². The first kappa shape index (κ1) is 16.1. The van der Waals surface area contributed by atoms with Crippen LogP contribution in [0.4, 0.5) is 0 Å². The summed E-state index contributed by atoms with van der Waals surface area (Å²) < 4.78 is 0. The molecule has 0 aromatic heterocycles. The molecular weight excluding hydrogens is 284 g/mol. The van der Waals surface area contributed by atoms with Crippen LogP contribution in [-0.2, 0) is 4.79 Å². The van der Waals surface area contributed by atoms with E-state index in [0.29, 0.717) is 17.1 Å². The van der Waals surface area contributed by atoms with E-state index in [4.69, 9.17) is 0 Å². The molecule has 2 saturated heterocycles. The van der Waals surface area contributed by atoms with Crippen LogP contribution in [0.3, 0.4) is 0 Å². The zero-order valence-corrected chi connectivity index (χ0v) is 15.1. The molecule has 1 spiro atoms. The standard InChI is InChI=1S/C20H34N2O/c1-15-3-7-21(8-4-15)18-5-9-22(10-6-18)19-13-20(14-19)11-17(12-20)16(2)23/h15,17-19H,3-14H2,1-2H3. The number of ketones is 1. The summed E-state index contributed by atoms with van der Waals surface area (Å²) in [5.74, 6) is 1.78. The summed E-state index contributed by atoms with van der Waals surface area (Å²) in [6, 6.07) is 1.70. The molecule has 0 bridgehead atoms. The molecule has 0 aromatic carbocycles. The van der Waals surface area contributed by atoms with Gasteiger partial charge >= 0.3 is 0 Å². The average molecular weight is 319 g/mol. The lowest BCUT2D eigenvalue weighted by atomic mass is 9.49. The van der Waals surface area contributed by atoms with Crippen LogP contribution in [0.2, 0.25) is 0 Å². The van der Waals surface area contributed by atoms with Crippen molar-refractivity contribution in [2.24, 2.45) is 17.3 Å². The molecule has 0 aromatic rings. The molecule has 130 valence electrons. The second-order valence-electron chi connectivity index (χ2n) is 9.26. The second-order valence-corrected chi connectivity index (χ2v) is 9.26. The first-order chi connectivity index (χ1) is 11.0. The maximum absolute atomic E-state index is 11.4. The number of hydrogen-bond donors (Lipinski definition) is 0. The Hall–Kier alpha value is -0.410. The van der Waals surface area contributed by atoms with Gasteiger partial charge in [-0.3, -0.25) is 4.79 Å². The van der Waals surface area contributed by atoms with Gasteiger partial charge in [0.25, 0.3) is 0 Å². The van der Waals surface area contributed by atoms with Crippen LogP contribution >= 0.6 is 0 Å². The Labute approximate surface area is 141 Å². The Morgan fingerprint density at radius 1 is 0.826 bits per heavy atom. The zero-order chi connectivity index (χ0) is 16.0. The van der Waals surface area contributed by atoms with Crippen molar-refractivity contribution in [3.05, 3.63) is 0 Å². The van der Waals surface area contributed by atoms with Gasteiger partial charge in [-0.15, -0.1) is 0 Å². The quantitative estimate of drug-likeness (QED) is 0.797. The minimum Gasteiger partial charge on any atom is -0.300 e. The minimum atomic E-state index is 0.406. The van der Waals surface area contributed by atoms with Crippen LogP contribution in [0.25, 0.3) is 0 Å². The smallest absolute Gasteiger partial charge is 0.132 e. The summed E-state index contributed by atoms with van der Waals surface area (Å²) in [5, 5.41) is 0. The van der Waals surface area contributed by atoms with Gasteiger partial charge in [0.15, 0.2) is 0 Å². The van der Waals surface area contributed by atoms with Crippen molar-refractivity contribution in [2.45, 2.75) is 77.3 Å². The summed E-state index contributed by atoms with van der Waals surface area (Å²) in [7, 11) is 0. The third-order valence-electron chi connectivity index (χ3n) is 7.62. The fourth-order valence-corrected chi connectivity index (χ4v) is 5.81. The molecule has 2 aliphatic heterocycles. The predicted octanol–water partition coefficient (Wildman–Crippen LogP) is 3.33. The van der Waals surface area contributed by atoms with E-state index >= 15 is 0 Å². The number of carbonyl (C=O) groups excluding carboxylic acids is 1. The molecule has 4 rings (SSSR count). The zero-order valence-electron chi connectivity index (χ0n) is 15.1. The van der Waals surface area contributed by atoms with E-state index in [9.17, 15) is 4.79 Å². The third kappa shape index (κ3) is 3.11. The van der Waals surface area contributed by atoms with Gasteiger partial charge in [0.05, 0.1) is 0 Å². The summed E-state index contributed by atoms with van der Waals surface area (Å²) in [6.07, 6.45) is 10.7. The lowest BCUT2D eigenvalue weighted by Crippen LogP contribution is -2.59. The van der Waals surface area contributed by atoms with E-state index in [0.717, 1.165) is 18.0 Å². The monoisotopic (exact) mass is 318 g/mol. The number of likely N-dealkylation sites (tertiary alicyclic amines) is 2. The molecular formula is C20H34N2O. The molecule has 3 heteroatoms. The van der Waals surface area contributed by atoms with Gasteiger partial charge in [-0.25, -0.2) is 0 Å². The number of carbonyl (C=O) groups is 1. The number of hydrogen-bond acceptors (Lipinski definition) is 3. The van der Waals surface area contributed by atoms with Crippen molar-refractivity contribution in [2.75, 3.05) is 26.2 Å². The van der Waals surface area contributed by atoms with Crippen molar-refractivity contribution in [1.82, 2.24) is 9.80 Å². The van der Waals surface area contributed by atoms with Crippen molar-refractivity contribution >= 4 is 5.78 Å². The fraction of sp³-hybridized carbons (Fsp3) is 0.950. The predicted molar refractivity (Wildman–Crippen MR) is 93.4 cm³/mol. The average Bonchev–Trinajstić information content (AvgIpc) is 2.45. The van der Waals surface area contributed by atoms with Crippen LogP contribution in [0.5, 0.6) is 0 Å². The van der Waals surface area contributed by atoms with Gasteiger partial charge in [0.1, 0.15) is 5.78 Å². The molecule has 2 heterocycles. The second kappa shape index (κ2) is 6.15. The van der Waals surface area contributed by atoms with Gasteiger partial charge < -0.3 is 9.80 Å². The summed E-state index contributed by atoms with van der Waals surface area (Å²) in [6.45, 7) is 9.49. The number of rotatable bonds is 3. The van der Waals surface area contributed by atoms with Gasteiger partial charge in [-0.1, -0.05) is 6.92 Å². The lowest BCUT2D eigenvalue weighted by Gasteiger charge is -2.60. The normalized spacial score (nSPS) is 40.8. The summed E-state index contributed by atoms with van der Waals surface area (Å²) >= 11 is 0. The molecule has 4 fully saturated rings. The Kier molecular flexibility index (Phi) is 4.30. The molecule has 2 saturated carbocycles. The molecule has 2 aliphatic carbocycles. The van der Waals surface area contributed by atoms with Gasteiger partial charge in [-0.05, 0) is 95.8 Å². The van der Waals surface area contributed by atoms with Gasteiger partial charge in [0.2, 0.25) is 0 Å². The van der Waals surface area contributed by atoms with E-state index in [1.807, 2.05) is 0 Å². The molecule has 4 aliphatic rings. The lowest BCUT2D eigenvalue weighted by molar-refractivity contribution is -0.140. The highest BCUT2D eigenvalue weighted by atomic mass is 16.1. The van der Waals surface area contributed by atoms with Crippen LogP contribution in [0, 0.1) is 17.3 Å². The largest absolute Gasteiger partial charge is 0.300 e. The van der Waals surface area contributed by atoms with Crippen LogP contribution in [0.1, 0.15) is 65.2 Å². The van der Waals surface area contributed by atoms with Crippen molar-refractivity contribution in [1.29, 1.82) is 0 Å². The van der Waals surface area contributed by atoms with E-state index in [1.165, 1.54) is 77.5 Å². The molecule has 0 N–H and O–H groups in total. The van der Waals surface area contributed by atoms with E-state index in [1.54, 1.807) is 6.92 Å². The number of nitrogens with zero attached hydrogens (tertiary/aromatic N) is 2. The molecule has 0 radical (unpaired) electrons. The SMILES string of the molecule is CC(=O)C1CC2(C1)CC(N1CCC(N3CCC(C)CC3)CC1)C2. The van der Waals surface area contributed by atoms with E-state index in [-0.39, 0.29) is 0 Å². The topological polar surface area (TPSA) is 23.6 Å². The highest BCUT2D eigenvalue weighted by molar-refractivity contribution is 5.79. The first-order valence-corrected chi connectivity index (χ1v) is 10.0. The maximum atomic E-state index is 11.4. The molecule has 0 atom stereocenters. The van der Waals surface area contributed by atoms with Crippen LogP contribution < -0.4 is 0 Å². The van der Waals surface area contributed by atoms with Gasteiger partial charge in [0, 0.05) is 18.0 Å². The molecule has 0 amide bonds. The Balaban J connectivity index is 1.19. The molecule has 23 heavy (non-hydrogen) atoms. The van der Waals surface area contributed by atoms with E-state index in [2.05, 4.69) is 16.7 Å². The first-order valence-electron chi connectivity index (χ1n) is 10.0. The van der Waals surface area contributed by atoms with Gasteiger partial charge in [-0.2, -0.15) is 0 Å². The molecule has 3 nitrogen and oxygen atoms in total. The van der Waals surface area contributed by atoms with E-state index < -0.39 is 0 Å². The van der Waals surface area contributed by atoms with Crippen molar-refractivity contribution < 1.29 is 4.79 Å². The summed E-state index contributed by atoms with van der Waals surface area (Å²) in [4.78, 5) is 17.0. The third-order valence-corrected chi connectivity index (χ3v) is 7.62. The minimum absolute atomic E-state index is 0.406. The highest BCUT2D eigenvalue weighted by Gasteiger charge is 2.55. The Morgan fingerprint density at radius 3 is 1.91 bits per heavy atom. The molecule has 0 unspecified atom stereocenters. The van der Waals surface area contributed by atoms with Crippen LogP contribution in [-0.4, -0.2) is 53.8 Å². The van der Waals surface area contributed by atoms with Crippen molar-refractivity contribution in [3.8, 4) is 0 Å². The fourth-order valence-electron chi connectivity index (χ4n) is 5.81. The van der Waals surface area contributed by atoms with Crippen molar-refractivity contribution in [3.63, 3.8) is 0 Å². The Bertz CT molecular complexity index is 433. The highest BCUT2D eigenvalue weighted by Crippen LogP contribution is 2.60. The maximum Gasteiger partial charge on any atom is 0.132 e. The summed E-state index contributed by atoms with van der Waals surface area (Å²) in [5.41, 5.74) is 0.584.